The summed E-state index contributed by atoms with van der Waals surface area (Å²) in [5.74, 6) is 0.218. The Labute approximate surface area is 291 Å². The lowest BCUT2D eigenvalue weighted by Gasteiger charge is -2.11. The number of para-hydroxylation sites is 1. The molecule has 0 N–H and O–H groups in total. The summed E-state index contributed by atoms with van der Waals surface area (Å²) < 4.78 is 124. The van der Waals surface area contributed by atoms with Gasteiger partial charge in [-0.25, -0.2) is 15.0 Å². The lowest BCUT2D eigenvalue weighted by atomic mass is 9.99. The number of nitrogens with zero attached hydrogens (tertiary/aromatic N) is 3. The van der Waals surface area contributed by atoms with Crippen LogP contribution in [0.5, 0.6) is 0 Å². The summed E-state index contributed by atoms with van der Waals surface area (Å²) in [6, 6.07) is 16.3. The van der Waals surface area contributed by atoms with E-state index in [2.05, 4.69) is 0 Å². The van der Waals surface area contributed by atoms with E-state index >= 15 is 0 Å². The molecule has 2 heterocycles. The van der Waals surface area contributed by atoms with E-state index in [9.17, 15) is 0 Å². The van der Waals surface area contributed by atoms with Crippen LogP contribution in [0.1, 0.15) is 19.2 Å². The highest BCUT2D eigenvalue weighted by Crippen LogP contribution is 2.37. The van der Waals surface area contributed by atoms with E-state index < -0.39 is 48.3 Å². The van der Waals surface area contributed by atoms with Crippen LogP contribution in [0.3, 0.4) is 0 Å². The molecule has 0 saturated heterocycles. The first-order chi connectivity index (χ1) is 29.0. The van der Waals surface area contributed by atoms with E-state index in [1.807, 2.05) is 0 Å². The molecule has 2 aromatic heterocycles. The van der Waals surface area contributed by atoms with Crippen LogP contribution in [0.2, 0.25) is 0 Å². The minimum Gasteiger partial charge on any atom is -0.456 e. The number of benzene rings is 7. The van der Waals surface area contributed by atoms with Gasteiger partial charge in [-0.05, 0) is 63.3 Å². The first-order valence-corrected chi connectivity index (χ1v) is 14.5. The summed E-state index contributed by atoms with van der Waals surface area (Å²) in [6.07, 6.45) is 0. The summed E-state index contributed by atoms with van der Waals surface area (Å²) in [6.45, 7) is 0. The Morgan fingerprint density at radius 1 is 0.426 bits per heavy atom. The van der Waals surface area contributed by atoms with Crippen LogP contribution in [-0.2, 0) is 0 Å². The molecule has 9 rings (SSSR count). The SMILES string of the molecule is [2H]c1cc([2H])c2oc3c([2H])cc([2H])c(-c4nc(-c5cccc(-c6c([2H])c([2H])c([2H])c([2H])c6[2H])c5)nc(-c5ccc6cc(-c7c([2H])c([2H])c([2H])c([2H])c7[2H])ccc6c5)n4)c3c2c1. The third-order valence-electron chi connectivity index (χ3n) is 7.78. The molecule has 0 unspecified atom stereocenters. The molecule has 0 saturated carbocycles. The molecule has 0 bridgehead atoms. The van der Waals surface area contributed by atoms with Gasteiger partial charge in [0.15, 0.2) is 17.5 Å². The van der Waals surface area contributed by atoms with Crippen molar-refractivity contribution in [3.05, 3.63) is 163 Å². The minimum absolute atomic E-state index is 0.00976. The minimum atomic E-state index is -0.527. The van der Waals surface area contributed by atoms with Gasteiger partial charge in [0.1, 0.15) is 11.2 Å². The summed E-state index contributed by atoms with van der Waals surface area (Å²) in [7, 11) is 0. The van der Waals surface area contributed by atoms with Crippen molar-refractivity contribution >= 4 is 32.7 Å². The maximum atomic E-state index is 9.11. The molecule has 220 valence electrons. The molecular formula is C43H27N3O. The highest BCUT2D eigenvalue weighted by molar-refractivity contribution is 6.11. The monoisotopic (exact) mass is 615 g/mol. The quantitative estimate of drug-likeness (QED) is 0.193. The highest BCUT2D eigenvalue weighted by Gasteiger charge is 2.18. The second kappa shape index (κ2) is 11.2. The second-order valence-electron chi connectivity index (χ2n) is 10.6. The van der Waals surface area contributed by atoms with Gasteiger partial charge in [0.25, 0.3) is 0 Å². The standard InChI is InChI=1S/C43H27N3O/c1-3-11-28(12-4-1)30-15-9-16-34(26-30)41-44-42(35-24-23-32-25-31(21-22-33(32)27-35)29-13-5-2-6-14-29)46-43(45-41)37-18-10-20-39-40(37)36-17-7-8-19-38(36)47-39/h1-27H/i1D,2D,3D,4D,5D,6D,7D,11D,12D,13D,14D,18D,19D,20D. The first kappa shape index (κ1) is 16.3. The van der Waals surface area contributed by atoms with Gasteiger partial charge in [-0.3, -0.25) is 0 Å². The zero-order valence-electron chi connectivity index (χ0n) is 38.3. The molecule has 0 aliphatic heterocycles. The molecule has 0 spiro atoms. The van der Waals surface area contributed by atoms with Gasteiger partial charge in [-0.2, -0.15) is 0 Å². The maximum absolute atomic E-state index is 9.11. The Morgan fingerprint density at radius 2 is 1.02 bits per heavy atom. The van der Waals surface area contributed by atoms with Crippen LogP contribution in [0.15, 0.2) is 168 Å². The van der Waals surface area contributed by atoms with E-state index in [-0.39, 0.29) is 87.0 Å². The zero-order valence-corrected chi connectivity index (χ0v) is 24.3. The Balaban J connectivity index is 1.27. The molecule has 0 amide bonds. The van der Waals surface area contributed by atoms with E-state index in [4.69, 9.17) is 38.6 Å². The van der Waals surface area contributed by atoms with Crippen molar-refractivity contribution in [3.8, 4) is 56.4 Å². The topological polar surface area (TPSA) is 51.8 Å². The highest BCUT2D eigenvalue weighted by atomic mass is 16.3. The number of hydrogen-bond acceptors (Lipinski definition) is 4. The molecule has 0 atom stereocenters. The first-order valence-electron chi connectivity index (χ1n) is 21.5. The Kier molecular flexibility index (Phi) is 3.87. The van der Waals surface area contributed by atoms with Gasteiger partial charge in [0.2, 0.25) is 0 Å². The number of aromatic nitrogens is 3. The van der Waals surface area contributed by atoms with Crippen LogP contribution >= 0.6 is 0 Å². The van der Waals surface area contributed by atoms with Crippen LogP contribution < -0.4 is 0 Å². The van der Waals surface area contributed by atoms with Crippen LogP contribution in [0.4, 0.5) is 0 Å². The van der Waals surface area contributed by atoms with Gasteiger partial charge in [0, 0.05) is 27.5 Å². The van der Waals surface area contributed by atoms with E-state index in [0.717, 1.165) is 0 Å². The fourth-order valence-electron chi connectivity index (χ4n) is 5.58. The summed E-state index contributed by atoms with van der Waals surface area (Å²) in [4.78, 5) is 14.5. The van der Waals surface area contributed by atoms with Crippen LogP contribution in [-0.4, -0.2) is 15.0 Å². The largest absolute Gasteiger partial charge is 0.456 e. The Hall–Kier alpha value is -6.39. The molecule has 47 heavy (non-hydrogen) atoms. The molecular weight excluding hydrogens is 574 g/mol. The summed E-state index contributed by atoms with van der Waals surface area (Å²) in [5, 5.41) is 1.94. The average molecular weight is 616 g/mol. The third kappa shape index (κ3) is 4.93. The van der Waals surface area contributed by atoms with Crippen molar-refractivity contribution in [2.75, 3.05) is 0 Å². The van der Waals surface area contributed by atoms with Crippen molar-refractivity contribution in [2.24, 2.45) is 0 Å². The molecule has 4 nitrogen and oxygen atoms in total. The molecule has 0 radical (unpaired) electrons. The fraction of sp³-hybridized carbons (Fsp3) is 0. The molecule has 0 aliphatic carbocycles. The average Bonchev–Trinajstić information content (AvgIpc) is 3.63. The van der Waals surface area contributed by atoms with Crippen molar-refractivity contribution in [1.82, 2.24) is 15.0 Å². The van der Waals surface area contributed by atoms with Crippen molar-refractivity contribution in [2.45, 2.75) is 0 Å². The van der Waals surface area contributed by atoms with Crippen LogP contribution in [0.25, 0.3) is 89.1 Å². The number of fused-ring (bicyclic) bond motifs is 4. The van der Waals surface area contributed by atoms with Gasteiger partial charge in [-0.15, -0.1) is 0 Å². The van der Waals surface area contributed by atoms with E-state index in [1.165, 1.54) is 18.2 Å². The second-order valence-corrected chi connectivity index (χ2v) is 10.6. The Morgan fingerprint density at radius 3 is 1.77 bits per heavy atom. The van der Waals surface area contributed by atoms with Gasteiger partial charge in [0.05, 0.1) is 19.2 Å². The molecule has 0 aliphatic rings. The number of rotatable bonds is 5. The molecule has 0 fully saturated rings. The summed E-state index contributed by atoms with van der Waals surface area (Å²) >= 11 is 0. The lowest BCUT2D eigenvalue weighted by Crippen LogP contribution is -2.00. The molecule has 9 aromatic rings. The van der Waals surface area contributed by atoms with Crippen molar-refractivity contribution < 1.29 is 23.6 Å². The lowest BCUT2D eigenvalue weighted by molar-refractivity contribution is 0.669. The predicted molar refractivity (Wildman–Crippen MR) is 192 cm³/mol. The van der Waals surface area contributed by atoms with E-state index in [0.29, 0.717) is 38.4 Å². The normalized spacial score (nSPS) is 15.6. The predicted octanol–water partition coefficient (Wildman–Crippen LogP) is 11.3. The van der Waals surface area contributed by atoms with Crippen molar-refractivity contribution in [1.29, 1.82) is 0 Å². The third-order valence-corrected chi connectivity index (χ3v) is 7.78. The van der Waals surface area contributed by atoms with Gasteiger partial charge in [-0.1, -0.05) is 133 Å². The number of hydrogen-bond donors (Lipinski definition) is 0. The fourth-order valence-corrected chi connectivity index (χ4v) is 5.58. The van der Waals surface area contributed by atoms with Crippen LogP contribution in [0, 0.1) is 0 Å². The van der Waals surface area contributed by atoms with Crippen molar-refractivity contribution in [3.63, 3.8) is 0 Å². The molecule has 7 aromatic carbocycles. The Bertz CT molecular complexity index is 3330. The number of furan rings is 1. The van der Waals surface area contributed by atoms with E-state index in [1.54, 1.807) is 60.7 Å². The van der Waals surface area contributed by atoms with Gasteiger partial charge >= 0.3 is 0 Å². The van der Waals surface area contributed by atoms with Gasteiger partial charge < -0.3 is 4.42 Å². The molecule has 4 heteroatoms. The zero-order chi connectivity index (χ0) is 43.3. The smallest absolute Gasteiger partial charge is 0.164 e. The maximum Gasteiger partial charge on any atom is 0.164 e. The summed E-state index contributed by atoms with van der Waals surface area (Å²) in [5.41, 5.74) is 1.95.